The van der Waals surface area contributed by atoms with Gasteiger partial charge in [-0.2, -0.15) is 0 Å². The molecular weight excluding hydrogens is 473 g/mol. The van der Waals surface area contributed by atoms with Crippen molar-refractivity contribution in [2.45, 2.75) is 37.7 Å². The molecule has 1 amide bonds. The number of carbonyl (C=O) groups excluding carboxylic acids is 2. The molecule has 5 rings (SSSR count). The number of benzene rings is 2. The van der Waals surface area contributed by atoms with Gasteiger partial charge in [-0.25, -0.2) is 9.37 Å². The SMILES string of the molecule is C[C@](O)(CCC(=O)c1ccc2ncccc2c1)c1cc2c(c(-c3ccc(F)cc3)n1)OC[C@]2(C)C(N)=O. The lowest BCUT2D eigenvalue weighted by Gasteiger charge is -2.26. The van der Waals surface area contributed by atoms with Crippen LogP contribution in [0.15, 0.2) is 66.9 Å². The number of fused-ring (bicyclic) bond motifs is 2. The monoisotopic (exact) mass is 499 g/mol. The molecule has 37 heavy (non-hydrogen) atoms. The largest absolute Gasteiger partial charge is 0.489 e. The number of ketones is 1. The summed E-state index contributed by atoms with van der Waals surface area (Å²) >= 11 is 0. The van der Waals surface area contributed by atoms with Gasteiger partial charge in [0.1, 0.15) is 34.9 Å². The average Bonchev–Trinajstić information content (AvgIpc) is 3.25. The molecule has 0 aliphatic carbocycles. The maximum atomic E-state index is 13.6. The third kappa shape index (κ3) is 4.44. The fraction of sp³-hybridized carbons (Fsp3) is 0.241. The molecular formula is C29H26FN3O4. The number of nitrogens with zero attached hydrogens (tertiary/aromatic N) is 2. The van der Waals surface area contributed by atoms with E-state index in [2.05, 4.69) is 9.97 Å². The van der Waals surface area contributed by atoms with E-state index in [1.165, 1.54) is 12.1 Å². The summed E-state index contributed by atoms with van der Waals surface area (Å²) in [6.07, 6.45) is 1.84. The molecule has 2 aromatic heterocycles. The minimum atomic E-state index is -1.51. The van der Waals surface area contributed by atoms with Gasteiger partial charge in [0.2, 0.25) is 5.91 Å². The molecule has 188 valence electrons. The Morgan fingerprint density at radius 2 is 1.92 bits per heavy atom. The van der Waals surface area contributed by atoms with Gasteiger partial charge in [-0.3, -0.25) is 14.6 Å². The molecule has 2 aromatic carbocycles. The normalized spacial score (nSPS) is 18.2. The molecule has 1 aliphatic heterocycles. The highest BCUT2D eigenvalue weighted by Gasteiger charge is 2.45. The van der Waals surface area contributed by atoms with Crippen LogP contribution in [0.1, 0.15) is 48.3 Å². The zero-order chi connectivity index (χ0) is 26.4. The molecule has 0 fully saturated rings. The van der Waals surface area contributed by atoms with Gasteiger partial charge < -0.3 is 15.6 Å². The van der Waals surface area contributed by atoms with Crippen LogP contribution >= 0.6 is 0 Å². The molecule has 0 radical (unpaired) electrons. The molecule has 4 aromatic rings. The van der Waals surface area contributed by atoms with E-state index in [1.54, 1.807) is 56.4 Å². The number of hydrogen-bond donors (Lipinski definition) is 2. The Morgan fingerprint density at radius 1 is 1.16 bits per heavy atom. The van der Waals surface area contributed by atoms with E-state index >= 15 is 0 Å². The number of amides is 1. The quantitative estimate of drug-likeness (QED) is 0.363. The minimum Gasteiger partial charge on any atom is -0.489 e. The first-order chi connectivity index (χ1) is 17.6. The number of aliphatic hydroxyl groups is 1. The fourth-order valence-electron chi connectivity index (χ4n) is 4.55. The molecule has 3 heterocycles. The maximum Gasteiger partial charge on any atom is 0.231 e. The topological polar surface area (TPSA) is 115 Å². The molecule has 2 atom stereocenters. The number of Topliss-reactive ketones (excluding diaryl/α,β-unsaturated/α-hetero) is 1. The van der Waals surface area contributed by atoms with Crippen LogP contribution in [0.2, 0.25) is 0 Å². The van der Waals surface area contributed by atoms with Gasteiger partial charge in [0.15, 0.2) is 5.78 Å². The van der Waals surface area contributed by atoms with E-state index < -0.39 is 22.7 Å². The Morgan fingerprint density at radius 3 is 2.65 bits per heavy atom. The summed E-state index contributed by atoms with van der Waals surface area (Å²) in [5.74, 6) is -0.743. The number of pyridine rings is 2. The second-order valence-corrected chi connectivity index (χ2v) is 9.83. The van der Waals surface area contributed by atoms with Crippen LogP contribution < -0.4 is 10.5 Å². The zero-order valence-corrected chi connectivity index (χ0v) is 20.5. The van der Waals surface area contributed by atoms with Gasteiger partial charge >= 0.3 is 0 Å². The highest BCUT2D eigenvalue weighted by atomic mass is 19.1. The molecule has 0 saturated heterocycles. The van der Waals surface area contributed by atoms with Gasteiger partial charge in [0.05, 0.1) is 11.2 Å². The van der Waals surface area contributed by atoms with Crippen molar-refractivity contribution in [3.8, 4) is 17.0 Å². The molecule has 0 spiro atoms. The smallest absolute Gasteiger partial charge is 0.231 e. The fourth-order valence-corrected chi connectivity index (χ4v) is 4.55. The summed E-state index contributed by atoms with van der Waals surface area (Å²) < 4.78 is 19.4. The van der Waals surface area contributed by atoms with E-state index in [9.17, 15) is 19.1 Å². The molecule has 7 nitrogen and oxygen atoms in total. The molecule has 3 N–H and O–H groups in total. The molecule has 1 aliphatic rings. The van der Waals surface area contributed by atoms with Crippen LogP contribution in [-0.4, -0.2) is 33.4 Å². The van der Waals surface area contributed by atoms with Gasteiger partial charge in [-0.1, -0.05) is 6.07 Å². The Labute approximate surface area is 213 Å². The van der Waals surface area contributed by atoms with Crippen molar-refractivity contribution in [1.29, 1.82) is 0 Å². The summed E-state index contributed by atoms with van der Waals surface area (Å²) in [5, 5.41) is 12.3. The number of aromatic nitrogens is 2. The predicted molar refractivity (Wildman–Crippen MR) is 137 cm³/mol. The Balaban J connectivity index is 1.49. The van der Waals surface area contributed by atoms with Gasteiger partial charge in [-0.15, -0.1) is 0 Å². The van der Waals surface area contributed by atoms with Crippen molar-refractivity contribution in [2.75, 3.05) is 6.61 Å². The first kappa shape index (κ1) is 24.5. The summed E-state index contributed by atoms with van der Waals surface area (Å²) in [5.41, 5.74) is 6.08. The lowest BCUT2D eigenvalue weighted by atomic mass is 9.81. The zero-order valence-electron chi connectivity index (χ0n) is 20.5. The second kappa shape index (κ2) is 9.05. The van der Waals surface area contributed by atoms with Crippen LogP contribution in [0, 0.1) is 5.82 Å². The number of halogens is 1. The number of ether oxygens (including phenoxy) is 1. The average molecular weight is 500 g/mol. The number of hydrogen-bond acceptors (Lipinski definition) is 6. The summed E-state index contributed by atoms with van der Waals surface area (Å²) in [7, 11) is 0. The summed E-state index contributed by atoms with van der Waals surface area (Å²) in [4.78, 5) is 34.3. The van der Waals surface area contributed by atoms with E-state index in [0.717, 1.165) is 10.9 Å². The number of nitrogens with two attached hydrogens (primary N) is 1. The second-order valence-electron chi connectivity index (χ2n) is 9.83. The van der Waals surface area contributed by atoms with E-state index in [0.29, 0.717) is 28.1 Å². The molecule has 0 unspecified atom stereocenters. The molecule has 0 bridgehead atoms. The number of primary amides is 1. The minimum absolute atomic E-state index is 0.0223. The van der Waals surface area contributed by atoms with Crippen molar-refractivity contribution in [1.82, 2.24) is 9.97 Å². The van der Waals surface area contributed by atoms with E-state index in [4.69, 9.17) is 10.5 Å². The van der Waals surface area contributed by atoms with Crippen LogP contribution in [0.3, 0.4) is 0 Å². The predicted octanol–water partition coefficient (Wildman–Crippen LogP) is 4.44. The third-order valence-electron chi connectivity index (χ3n) is 7.05. The van der Waals surface area contributed by atoms with Crippen LogP contribution in [0.4, 0.5) is 4.39 Å². The lowest BCUT2D eigenvalue weighted by molar-refractivity contribution is -0.123. The van der Waals surface area contributed by atoms with Crippen molar-refractivity contribution in [3.63, 3.8) is 0 Å². The van der Waals surface area contributed by atoms with Gasteiger partial charge in [0.25, 0.3) is 0 Å². The Kier molecular flexibility index (Phi) is 6.00. The molecule has 0 saturated carbocycles. The maximum absolute atomic E-state index is 13.6. The summed E-state index contributed by atoms with van der Waals surface area (Å²) in [6, 6.07) is 16.3. The first-order valence-corrected chi connectivity index (χ1v) is 11.9. The van der Waals surface area contributed by atoms with Gasteiger partial charge in [0, 0.05) is 34.7 Å². The van der Waals surface area contributed by atoms with Crippen molar-refractivity contribution >= 4 is 22.6 Å². The van der Waals surface area contributed by atoms with Crippen molar-refractivity contribution < 1.29 is 23.8 Å². The van der Waals surface area contributed by atoms with Gasteiger partial charge in [-0.05, 0) is 74.9 Å². The first-order valence-electron chi connectivity index (χ1n) is 11.9. The standard InChI is InChI=1S/C29H26FN3O4/c1-28(27(31)35)16-37-26-21(28)15-24(33-25(26)17-5-8-20(30)9-6-17)29(2,36)12-11-23(34)19-7-10-22-18(14-19)4-3-13-32-22/h3-10,13-15,36H,11-12,16H2,1-2H3,(H2,31,35)/t28-,29-/m0/s1. The number of carbonyl (C=O) groups is 2. The number of rotatable bonds is 7. The molecule has 8 heteroatoms. The summed E-state index contributed by atoms with van der Waals surface area (Å²) in [6.45, 7) is 3.27. The van der Waals surface area contributed by atoms with Crippen molar-refractivity contribution in [3.05, 3.63) is 89.5 Å². The van der Waals surface area contributed by atoms with Crippen LogP contribution in [0.25, 0.3) is 22.2 Å². The van der Waals surface area contributed by atoms with Crippen LogP contribution in [-0.2, 0) is 15.8 Å². The van der Waals surface area contributed by atoms with E-state index in [1.807, 2.05) is 12.1 Å². The highest BCUT2D eigenvalue weighted by Crippen LogP contribution is 2.46. The van der Waals surface area contributed by atoms with E-state index in [-0.39, 0.29) is 30.9 Å². The van der Waals surface area contributed by atoms with Crippen molar-refractivity contribution in [2.24, 2.45) is 5.73 Å². The highest BCUT2D eigenvalue weighted by molar-refractivity contribution is 5.99. The lowest BCUT2D eigenvalue weighted by Crippen LogP contribution is -2.40. The third-order valence-corrected chi connectivity index (χ3v) is 7.05. The Bertz CT molecular complexity index is 1530. The Hall–Kier alpha value is -4.17. The van der Waals surface area contributed by atoms with Crippen LogP contribution in [0.5, 0.6) is 5.75 Å².